The third kappa shape index (κ3) is 4.32. The van der Waals surface area contributed by atoms with E-state index in [1.54, 1.807) is 47.7 Å². The molecule has 0 saturated carbocycles. The van der Waals surface area contributed by atoms with Crippen molar-refractivity contribution in [1.29, 1.82) is 0 Å². The predicted octanol–water partition coefficient (Wildman–Crippen LogP) is 7.75. The van der Waals surface area contributed by atoms with Crippen LogP contribution in [0.1, 0.15) is 10.4 Å². The molecule has 0 unspecified atom stereocenters. The van der Waals surface area contributed by atoms with E-state index >= 15 is 4.39 Å². The van der Waals surface area contributed by atoms with Crippen LogP contribution in [0.5, 0.6) is 0 Å². The highest BCUT2D eigenvalue weighted by atomic mass is 32.1. The van der Waals surface area contributed by atoms with Crippen LogP contribution < -0.4 is 10.2 Å². The number of nitrogens with one attached hydrogen (secondary N) is 1. The van der Waals surface area contributed by atoms with Crippen LogP contribution in [-0.2, 0) is 0 Å². The van der Waals surface area contributed by atoms with Gasteiger partial charge in [-0.25, -0.2) is 13.8 Å². The lowest BCUT2D eigenvalue weighted by atomic mass is 9.96. The highest BCUT2D eigenvalue weighted by Gasteiger charge is 2.25. The molecule has 0 aliphatic heterocycles. The van der Waals surface area contributed by atoms with E-state index in [4.69, 9.17) is 9.40 Å². The molecule has 2 aromatic heterocycles. The SMILES string of the molecule is CNC(=O)c1c(-c2ccc(F)cc2)oc2cc(N(C)C)c(-c3cc(-c4nc5ccccc5s4)ccc3F)cc12. The number of hydrogen-bond donors (Lipinski definition) is 1. The Hall–Kier alpha value is -4.56. The molecule has 0 aliphatic rings. The van der Waals surface area contributed by atoms with Gasteiger partial charge in [0.1, 0.15) is 28.0 Å². The van der Waals surface area contributed by atoms with Gasteiger partial charge in [0.05, 0.1) is 15.8 Å². The summed E-state index contributed by atoms with van der Waals surface area (Å²) in [6, 6.07) is 22.2. The maximum Gasteiger partial charge on any atom is 0.255 e. The first-order chi connectivity index (χ1) is 18.8. The molecule has 0 bridgehead atoms. The Morgan fingerprint density at radius 2 is 1.67 bits per heavy atom. The second-order valence-corrected chi connectivity index (χ2v) is 10.4. The number of nitrogens with zero attached hydrogens (tertiary/aromatic N) is 2. The van der Waals surface area contributed by atoms with Crippen molar-refractivity contribution in [2.24, 2.45) is 0 Å². The number of halogens is 2. The second kappa shape index (κ2) is 9.63. The molecule has 0 radical (unpaired) electrons. The minimum atomic E-state index is -0.397. The number of carbonyl (C=O) groups is 1. The Balaban J connectivity index is 1.59. The molecule has 2 heterocycles. The molecule has 0 saturated heterocycles. The molecule has 1 amide bonds. The van der Waals surface area contributed by atoms with Gasteiger partial charge in [-0.1, -0.05) is 12.1 Å². The lowest BCUT2D eigenvalue weighted by Crippen LogP contribution is -2.18. The number of hydrogen-bond acceptors (Lipinski definition) is 5. The minimum Gasteiger partial charge on any atom is -0.455 e. The first-order valence-corrected chi connectivity index (χ1v) is 13.1. The zero-order valence-electron chi connectivity index (χ0n) is 21.4. The van der Waals surface area contributed by atoms with Crippen LogP contribution in [0.4, 0.5) is 14.5 Å². The normalized spacial score (nSPS) is 11.3. The van der Waals surface area contributed by atoms with Gasteiger partial charge in [0.15, 0.2) is 0 Å². The average Bonchev–Trinajstić information content (AvgIpc) is 3.54. The third-order valence-electron chi connectivity index (χ3n) is 6.65. The monoisotopic (exact) mass is 539 g/mol. The molecule has 8 heteroatoms. The van der Waals surface area contributed by atoms with E-state index in [9.17, 15) is 9.18 Å². The van der Waals surface area contributed by atoms with Crippen LogP contribution in [0.3, 0.4) is 0 Å². The largest absolute Gasteiger partial charge is 0.455 e. The Bertz CT molecular complexity index is 1840. The Morgan fingerprint density at radius 1 is 0.923 bits per heavy atom. The van der Waals surface area contributed by atoms with Gasteiger partial charge >= 0.3 is 0 Å². The number of para-hydroxylation sites is 1. The summed E-state index contributed by atoms with van der Waals surface area (Å²) >= 11 is 1.55. The van der Waals surface area contributed by atoms with Crippen molar-refractivity contribution in [3.63, 3.8) is 0 Å². The zero-order chi connectivity index (χ0) is 27.3. The van der Waals surface area contributed by atoms with Crippen molar-refractivity contribution in [2.75, 3.05) is 26.0 Å². The fraction of sp³-hybridized carbons (Fsp3) is 0.0968. The Morgan fingerprint density at radius 3 is 2.38 bits per heavy atom. The number of benzene rings is 4. The van der Waals surface area contributed by atoms with Gasteiger partial charge in [-0.15, -0.1) is 11.3 Å². The first-order valence-electron chi connectivity index (χ1n) is 12.3. The first kappa shape index (κ1) is 24.8. The predicted molar refractivity (Wildman–Crippen MR) is 153 cm³/mol. The summed E-state index contributed by atoms with van der Waals surface area (Å²) in [5.41, 5.74) is 4.70. The Labute approximate surface area is 227 Å². The number of amides is 1. The molecule has 0 aliphatic carbocycles. The number of thiazole rings is 1. The van der Waals surface area contributed by atoms with Gasteiger partial charge < -0.3 is 14.6 Å². The number of carbonyl (C=O) groups excluding carboxylic acids is 1. The topological polar surface area (TPSA) is 58.4 Å². The summed E-state index contributed by atoms with van der Waals surface area (Å²) in [4.78, 5) is 19.7. The van der Waals surface area contributed by atoms with Crippen molar-refractivity contribution < 1.29 is 18.0 Å². The second-order valence-electron chi connectivity index (χ2n) is 9.33. The van der Waals surface area contributed by atoms with Crippen molar-refractivity contribution in [2.45, 2.75) is 0 Å². The highest BCUT2D eigenvalue weighted by molar-refractivity contribution is 7.21. The average molecular weight is 540 g/mol. The minimum absolute atomic E-state index is 0.299. The molecular weight excluding hydrogens is 516 g/mol. The van der Waals surface area contributed by atoms with Crippen molar-refractivity contribution in [3.05, 3.63) is 96.1 Å². The number of fused-ring (bicyclic) bond motifs is 2. The molecule has 0 atom stereocenters. The van der Waals surface area contributed by atoms with Gasteiger partial charge in [-0.2, -0.15) is 0 Å². The molecule has 0 spiro atoms. The van der Waals surface area contributed by atoms with Gasteiger partial charge in [0, 0.05) is 60.5 Å². The molecule has 5 nitrogen and oxygen atoms in total. The number of aromatic nitrogens is 1. The van der Waals surface area contributed by atoms with Crippen molar-refractivity contribution >= 4 is 44.1 Å². The number of furan rings is 1. The van der Waals surface area contributed by atoms with E-state index in [1.165, 1.54) is 25.2 Å². The molecular formula is C31H23F2N3O2S. The smallest absolute Gasteiger partial charge is 0.255 e. The summed E-state index contributed by atoms with van der Waals surface area (Å²) in [5.74, 6) is -0.835. The van der Waals surface area contributed by atoms with Gasteiger partial charge in [-0.3, -0.25) is 4.79 Å². The van der Waals surface area contributed by atoms with Gasteiger partial charge in [0.25, 0.3) is 5.91 Å². The van der Waals surface area contributed by atoms with E-state index in [1.807, 2.05) is 43.3 Å². The third-order valence-corrected chi connectivity index (χ3v) is 7.73. The quantitative estimate of drug-likeness (QED) is 0.243. The summed E-state index contributed by atoms with van der Waals surface area (Å²) < 4.78 is 36.3. The fourth-order valence-corrected chi connectivity index (χ4v) is 5.70. The highest BCUT2D eigenvalue weighted by Crippen LogP contribution is 2.42. The van der Waals surface area contributed by atoms with E-state index in [2.05, 4.69) is 5.32 Å². The van der Waals surface area contributed by atoms with Crippen LogP contribution in [0, 0.1) is 11.6 Å². The zero-order valence-corrected chi connectivity index (χ0v) is 22.2. The van der Waals surface area contributed by atoms with Crippen molar-refractivity contribution in [1.82, 2.24) is 10.3 Å². The van der Waals surface area contributed by atoms with E-state index < -0.39 is 11.6 Å². The summed E-state index contributed by atoms with van der Waals surface area (Å²) in [7, 11) is 5.26. The molecule has 194 valence electrons. The van der Waals surface area contributed by atoms with Gasteiger partial charge in [-0.05, 0) is 60.7 Å². The molecule has 1 N–H and O–H groups in total. The van der Waals surface area contributed by atoms with Crippen LogP contribution in [0.2, 0.25) is 0 Å². The van der Waals surface area contributed by atoms with Crippen LogP contribution in [-0.4, -0.2) is 32.0 Å². The van der Waals surface area contributed by atoms with E-state index in [0.29, 0.717) is 44.7 Å². The lowest BCUT2D eigenvalue weighted by Gasteiger charge is -2.18. The summed E-state index contributed by atoms with van der Waals surface area (Å²) in [6.07, 6.45) is 0. The summed E-state index contributed by atoms with van der Waals surface area (Å²) in [6.45, 7) is 0. The van der Waals surface area contributed by atoms with Crippen LogP contribution in [0.25, 0.3) is 54.2 Å². The van der Waals surface area contributed by atoms with Crippen LogP contribution in [0.15, 0.2) is 83.3 Å². The van der Waals surface area contributed by atoms with Crippen molar-refractivity contribution in [3.8, 4) is 33.0 Å². The van der Waals surface area contributed by atoms with E-state index in [0.717, 1.165) is 20.8 Å². The number of anilines is 1. The molecule has 4 aromatic carbocycles. The molecule has 6 rings (SSSR count). The molecule has 39 heavy (non-hydrogen) atoms. The number of rotatable bonds is 5. The standard InChI is InChI=1S/C31H23F2N3O2S/c1-34-30(37)28-22-15-21(25(36(2)3)16-26(22)38-29(28)17-8-11-19(32)12-9-17)20-14-18(10-13-23(20)33)31-35-24-6-4-5-7-27(24)39-31/h4-16H,1-3H3,(H,34,37). The maximum absolute atomic E-state index is 15.5. The summed E-state index contributed by atoms with van der Waals surface area (Å²) in [5, 5.41) is 3.98. The fourth-order valence-electron chi connectivity index (χ4n) is 4.73. The van der Waals surface area contributed by atoms with E-state index in [-0.39, 0.29) is 5.91 Å². The Kier molecular flexibility index (Phi) is 6.12. The lowest BCUT2D eigenvalue weighted by molar-refractivity contribution is 0.0964. The maximum atomic E-state index is 15.5. The molecule has 6 aromatic rings. The van der Waals surface area contributed by atoms with Crippen LogP contribution >= 0.6 is 11.3 Å². The van der Waals surface area contributed by atoms with Gasteiger partial charge in [0.2, 0.25) is 0 Å². The molecule has 0 fully saturated rings.